The highest BCUT2D eigenvalue weighted by atomic mass is 79.9. The van der Waals surface area contributed by atoms with Gasteiger partial charge in [0.05, 0.1) is 11.7 Å². The van der Waals surface area contributed by atoms with Crippen LogP contribution in [0.4, 0.5) is 0 Å². The lowest BCUT2D eigenvalue weighted by atomic mass is 9.93. The molecule has 0 radical (unpaired) electrons. The minimum atomic E-state index is -0.325. The highest BCUT2D eigenvalue weighted by molar-refractivity contribution is 9.10. The van der Waals surface area contributed by atoms with Crippen molar-refractivity contribution in [2.45, 2.75) is 45.8 Å². The van der Waals surface area contributed by atoms with Crippen LogP contribution in [0.1, 0.15) is 39.7 Å². The fraction of sp³-hybridized carbons (Fsp3) is 0.333. The summed E-state index contributed by atoms with van der Waals surface area (Å²) in [6.07, 6.45) is 1.25. The molecule has 0 amide bonds. The van der Waals surface area contributed by atoms with Crippen molar-refractivity contribution < 1.29 is 4.74 Å². The van der Waals surface area contributed by atoms with Gasteiger partial charge in [-0.25, -0.2) is 0 Å². The van der Waals surface area contributed by atoms with Crippen LogP contribution in [0.5, 0.6) is 0 Å². The zero-order valence-electron chi connectivity index (χ0n) is 14.2. The van der Waals surface area contributed by atoms with E-state index in [1.165, 1.54) is 27.1 Å². The maximum Gasteiger partial charge on any atom is 0.0889 e. The average Bonchev–Trinajstić information content (AvgIpc) is 2.54. The van der Waals surface area contributed by atoms with Crippen LogP contribution in [0.25, 0.3) is 21.5 Å². The van der Waals surface area contributed by atoms with E-state index in [0.29, 0.717) is 0 Å². The van der Waals surface area contributed by atoms with E-state index in [2.05, 4.69) is 92.2 Å². The number of hydrogen-bond donors (Lipinski definition) is 0. The van der Waals surface area contributed by atoms with Crippen molar-refractivity contribution in [3.63, 3.8) is 0 Å². The third-order valence-electron chi connectivity index (χ3n) is 4.58. The van der Waals surface area contributed by atoms with Gasteiger partial charge in [0.25, 0.3) is 0 Å². The third kappa shape index (κ3) is 3.02. The Hall–Kier alpha value is -1.38. The molecule has 0 saturated carbocycles. The number of benzene rings is 3. The lowest BCUT2D eigenvalue weighted by Crippen LogP contribution is -2.27. The van der Waals surface area contributed by atoms with E-state index in [0.717, 1.165) is 10.9 Å². The van der Waals surface area contributed by atoms with E-state index in [1.807, 2.05) is 0 Å². The van der Waals surface area contributed by atoms with Crippen LogP contribution in [-0.2, 0) is 10.3 Å². The maximum atomic E-state index is 6.26. The van der Waals surface area contributed by atoms with Gasteiger partial charge in [0.2, 0.25) is 0 Å². The van der Waals surface area contributed by atoms with E-state index >= 15 is 0 Å². The molecule has 0 aliphatic rings. The first-order valence-corrected chi connectivity index (χ1v) is 9.01. The highest BCUT2D eigenvalue weighted by Gasteiger charge is 2.26. The Balaban J connectivity index is 2.18. The van der Waals surface area contributed by atoms with Crippen molar-refractivity contribution in [2.75, 3.05) is 0 Å². The molecule has 23 heavy (non-hydrogen) atoms. The number of halogens is 1. The average molecular weight is 371 g/mol. The molecule has 0 bridgehead atoms. The second kappa shape index (κ2) is 6.26. The Morgan fingerprint density at radius 1 is 0.957 bits per heavy atom. The van der Waals surface area contributed by atoms with Crippen LogP contribution >= 0.6 is 15.9 Å². The summed E-state index contributed by atoms with van der Waals surface area (Å²) in [5, 5.41) is 5.08. The Bertz CT molecular complexity index is 851. The molecule has 0 aliphatic heterocycles. The molecule has 0 saturated heterocycles. The second-order valence-corrected chi connectivity index (χ2v) is 7.45. The first-order valence-electron chi connectivity index (χ1n) is 8.22. The standard InChI is InChI=1S/C21H23BrO/c1-5-14(2)23-21(3,4)19-13-12-17-16-9-7-6-8-15(16)10-11-18(17)20(19)22/h6-14H,5H2,1-4H3. The van der Waals surface area contributed by atoms with Gasteiger partial charge in [0, 0.05) is 4.47 Å². The molecule has 0 aliphatic carbocycles. The first-order chi connectivity index (χ1) is 10.9. The van der Waals surface area contributed by atoms with Crippen molar-refractivity contribution in [1.29, 1.82) is 0 Å². The van der Waals surface area contributed by atoms with Crippen molar-refractivity contribution in [3.05, 3.63) is 58.6 Å². The summed E-state index contributed by atoms with van der Waals surface area (Å²) in [4.78, 5) is 0. The van der Waals surface area contributed by atoms with E-state index < -0.39 is 0 Å². The van der Waals surface area contributed by atoms with Gasteiger partial charge in [-0.2, -0.15) is 0 Å². The lowest BCUT2D eigenvalue weighted by Gasteiger charge is -2.31. The first kappa shape index (κ1) is 16.5. The number of hydrogen-bond acceptors (Lipinski definition) is 1. The van der Waals surface area contributed by atoms with Gasteiger partial charge in [-0.3, -0.25) is 0 Å². The molecule has 3 rings (SSSR count). The second-order valence-electron chi connectivity index (χ2n) is 6.66. The molecule has 0 spiro atoms. The van der Waals surface area contributed by atoms with E-state index in [-0.39, 0.29) is 11.7 Å². The zero-order chi connectivity index (χ0) is 16.6. The van der Waals surface area contributed by atoms with Crippen molar-refractivity contribution in [3.8, 4) is 0 Å². The summed E-state index contributed by atoms with van der Waals surface area (Å²) in [5.74, 6) is 0. The van der Waals surface area contributed by atoms with Gasteiger partial charge >= 0.3 is 0 Å². The van der Waals surface area contributed by atoms with Gasteiger partial charge in [-0.05, 0) is 70.2 Å². The Labute approximate surface area is 146 Å². The summed E-state index contributed by atoms with van der Waals surface area (Å²) in [7, 11) is 0. The van der Waals surface area contributed by atoms with Crippen LogP contribution in [0.15, 0.2) is 53.0 Å². The van der Waals surface area contributed by atoms with E-state index in [9.17, 15) is 0 Å². The predicted octanol–water partition coefficient (Wildman–Crippen LogP) is 6.81. The molecule has 1 atom stereocenters. The molecular weight excluding hydrogens is 348 g/mol. The minimum Gasteiger partial charge on any atom is -0.368 e. The molecule has 3 aromatic carbocycles. The summed E-state index contributed by atoms with van der Waals surface area (Å²) in [6, 6.07) is 17.3. The largest absolute Gasteiger partial charge is 0.368 e. The lowest BCUT2D eigenvalue weighted by molar-refractivity contribution is -0.0695. The van der Waals surface area contributed by atoms with E-state index in [1.54, 1.807) is 0 Å². The quantitative estimate of drug-likeness (QED) is 0.458. The highest BCUT2D eigenvalue weighted by Crippen LogP contribution is 2.39. The van der Waals surface area contributed by atoms with Crippen LogP contribution < -0.4 is 0 Å². The Morgan fingerprint density at radius 3 is 2.39 bits per heavy atom. The van der Waals surface area contributed by atoms with Crippen molar-refractivity contribution in [1.82, 2.24) is 0 Å². The Morgan fingerprint density at radius 2 is 1.65 bits per heavy atom. The van der Waals surface area contributed by atoms with Crippen molar-refractivity contribution >= 4 is 37.5 Å². The SMILES string of the molecule is CCC(C)OC(C)(C)c1ccc2c(ccc3ccccc32)c1Br. The minimum absolute atomic E-state index is 0.240. The monoisotopic (exact) mass is 370 g/mol. The van der Waals surface area contributed by atoms with Crippen LogP contribution in [-0.4, -0.2) is 6.10 Å². The van der Waals surface area contributed by atoms with Gasteiger partial charge < -0.3 is 4.74 Å². The predicted molar refractivity (Wildman–Crippen MR) is 103 cm³/mol. The molecule has 1 unspecified atom stereocenters. The molecule has 120 valence electrons. The zero-order valence-corrected chi connectivity index (χ0v) is 15.8. The normalized spacial score (nSPS) is 13.6. The topological polar surface area (TPSA) is 9.23 Å². The number of rotatable bonds is 4. The molecule has 0 N–H and O–H groups in total. The molecule has 2 heteroatoms. The van der Waals surface area contributed by atoms with Gasteiger partial charge in [0.15, 0.2) is 0 Å². The Kier molecular flexibility index (Phi) is 4.48. The van der Waals surface area contributed by atoms with Gasteiger partial charge in [-0.15, -0.1) is 0 Å². The summed E-state index contributed by atoms with van der Waals surface area (Å²) in [5.41, 5.74) is 0.870. The maximum absolute atomic E-state index is 6.26. The number of ether oxygens (including phenoxy) is 1. The molecule has 3 aromatic rings. The molecule has 0 fully saturated rings. The van der Waals surface area contributed by atoms with Crippen LogP contribution in [0, 0.1) is 0 Å². The summed E-state index contributed by atoms with van der Waals surface area (Å²) < 4.78 is 7.39. The van der Waals surface area contributed by atoms with Gasteiger partial charge in [0.1, 0.15) is 0 Å². The van der Waals surface area contributed by atoms with Gasteiger partial charge in [-0.1, -0.05) is 55.5 Å². The molecule has 0 aromatic heterocycles. The summed E-state index contributed by atoms with van der Waals surface area (Å²) in [6.45, 7) is 8.57. The smallest absolute Gasteiger partial charge is 0.0889 e. The molecular formula is C21H23BrO. The summed E-state index contributed by atoms with van der Waals surface area (Å²) >= 11 is 3.84. The number of fused-ring (bicyclic) bond motifs is 3. The van der Waals surface area contributed by atoms with Crippen LogP contribution in [0.2, 0.25) is 0 Å². The molecule has 1 nitrogen and oxygen atoms in total. The van der Waals surface area contributed by atoms with E-state index in [4.69, 9.17) is 4.74 Å². The fourth-order valence-corrected chi connectivity index (χ4v) is 4.12. The fourth-order valence-electron chi connectivity index (χ4n) is 3.17. The molecule has 0 heterocycles. The third-order valence-corrected chi connectivity index (χ3v) is 5.43. The van der Waals surface area contributed by atoms with Crippen molar-refractivity contribution in [2.24, 2.45) is 0 Å². The van der Waals surface area contributed by atoms with Crippen LogP contribution in [0.3, 0.4) is 0 Å².